The number of amides is 1. The molecule has 1 amide bonds. The molecular weight excluding hydrogens is 234 g/mol. The van der Waals surface area contributed by atoms with E-state index in [1.54, 1.807) is 18.7 Å². The SMILES string of the molecule is CCCCSC(C)C(=O)NCC(C)(O)C(C)C. The van der Waals surface area contributed by atoms with Crippen molar-refractivity contribution in [1.29, 1.82) is 0 Å². The fourth-order valence-corrected chi connectivity index (χ4v) is 2.14. The normalized spacial score (nSPS) is 16.6. The van der Waals surface area contributed by atoms with Gasteiger partial charge in [0.2, 0.25) is 5.91 Å². The zero-order chi connectivity index (χ0) is 13.5. The number of hydrogen-bond donors (Lipinski definition) is 2. The first kappa shape index (κ1) is 16.8. The number of aliphatic hydroxyl groups is 1. The maximum Gasteiger partial charge on any atom is 0.232 e. The summed E-state index contributed by atoms with van der Waals surface area (Å²) in [5.74, 6) is 1.17. The van der Waals surface area contributed by atoms with Crippen molar-refractivity contribution >= 4 is 17.7 Å². The molecule has 2 atom stereocenters. The van der Waals surface area contributed by atoms with Crippen molar-refractivity contribution in [1.82, 2.24) is 5.32 Å². The predicted molar refractivity (Wildman–Crippen MR) is 75.3 cm³/mol. The molecule has 102 valence electrons. The van der Waals surface area contributed by atoms with Crippen LogP contribution in [-0.4, -0.2) is 34.2 Å². The quantitative estimate of drug-likeness (QED) is 0.660. The van der Waals surface area contributed by atoms with Gasteiger partial charge in [0.15, 0.2) is 0 Å². The Morgan fingerprint density at radius 3 is 2.47 bits per heavy atom. The van der Waals surface area contributed by atoms with Crippen LogP contribution in [0.25, 0.3) is 0 Å². The van der Waals surface area contributed by atoms with Gasteiger partial charge in [-0.3, -0.25) is 4.79 Å². The molecule has 0 bridgehead atoms. The molecule has 2 N–H and O–H groups in total. The van der Waals surface area contributed by atoms with Crippen molar-refractivity contribution in [3.8, 4) is 0 Å². The van der Waals surface area contributed by atoms with Crippen molar-refractivity contribution in [2.45, 2.75) is 58.3 Å². The van der Waals surface area contributed by atoms with Crippen molar-refractivity contribution in [2.75, 3.05) is 12.3 Å². The molecule has 4 heteroatoms. The van der Waals surface area contributed by atoms with Gasteiger partial charge in [-0.2, -0.15) is 0 Å². The first-order valence-electron chi connectivity index (χ1n) is 6.43. The molecular formula is C13H27NO2S. The van der Waals surface area contributed by atoms with E-state index in [2.05, 4.69) is 12.2 Å². The van der Waals surface area contributed by atoms with E-state index in [4.69, 9.17) is 0 Å². The van der Waals surface area contributed by atoms with Crippen molar-refractivity contribution in [3.05, 3.63) is 0 Å². The van der Waals surface area contributed by atoms with Crippen LogP contribution in [0.15, 0.2) is 0 Å². The summed E-state index contributed by atoms with van der Waals surface area (Å²) in [4.78, 5) is 11.8. The Hall–Kier alpha value is -0.220. The summed E-state index contributed by atoms with van der Waals surface area (Å²) in [6.07, 6.45) is 2.30. The Morgan fingerprint density at radius 2 is 2.00 bits per heavy atom. The second kappa shape index (κ2) is 7.98. The third-order valence-electron chi connectivity index (χ3n) is 3.10. The van der Waals surface area contributed by atoms with Crippen LogP contribution in [0.2, 0.25) is 0 Å². The molecule has 0 aliphatic carbocycles. The molecule has 0 aliphatic heterocycles. The van der Waals surface area contributed by atoms with Crippen LogP contribution in [0, 0.1) is 5.92 Å². The molecule has 2 unspecified atom stereocenters. The summed E-state index contributed by atoms with van der Waals surface area (Å²) in [7, 11) is 0. The minimum Gasteiger partial charge on any atom is -0.388 e. The van der Waals surface area contributed by atoms with Crippen LogP contribution in [-0.2, 0) is 4.79 Å². The maximum absolute atomic E-state index is 11.8. The Bertz CT molecular complexity index is 229. The summed E-state index contributed by atoms with van der Waals surface area (Å²) in [6.45, 7) is 10.0. The number of hydrogen-bond acceptors (Lipinski definition) is 3. The molecule has 0 saturated carbocycles. The highest BCUT2D eigenvalue weighted by Gasteiger charge is 2.26. The minimum atomic E-state index is -0.830. The molecule has 0 aromatic rings. The van der Waals surface area contributed by atoms with Crippen LogP contribution in [0.4, 0.5) is 0 Å². The minimum absolute atomic E-state index is 0.0204. The molecule has 0 rings (SSSR count). The van der Waals surface area contributed by atoms with Crippen LogP contribution < -0.4 is 5.32 Å². The smallest absolute Gasteiger partial charge is 0.232 e. The zero-order valence-corrected chi connectivity index (χ0v) is 12.6. The van der Waals surface area contributed by atoms with E-state index in [0.717, 1.165) is 18.6 Å². The van der Waals surface area contributed by atoms with Crippen LogP contribution in [0.5, 0.6) is 0 Å². The fourth-order valence-electron chi connectivity index (χ4n) is 1.09. The molecule has 17 heavy (non-hydrogen) atoms. The number of carbonyl (C=O) groups is 1. The van der Waals surface area contributed by atoms with Crippen molar-refractivity contribution in [3.63, 3.8) is 0 Å². The van der Waals surface area contributed by atoms with Gasteiger partial charge in [-0.25, -0.2) is 0 Å². The highest BCUT2D eigenvalue weighted by Crippen LogP contribution is 2.16. The van der Waals surface area contributed by atoms with Gasteiger partial charge in [0.25, 0.3) is 0 Å². The number of thioether (sulfide) groups is 1. The van der Waals surface area contributed by atoms with Gasteiger partial charge < -0.3 is 10.4 Å². The fraction of sp³-hybridized carbons (Fsp3) is 0.923. The maximum atomic E-state index is 11.8. The number of nitrogens with one attached hydrogen (secondary N) is 1. The highest BCUT2D eigenvalue weighted by molar-refractivity contribution is 8.00. The summed E-state index contributed by atoms with van der Waals surface area (Å²) in [6, 6.07) is 0. The molecule has 0 aliphatic rings. The van der Waals surface area contributed by atoms with E-state index in [9.17, 15) is 9.90 Å². The lowest BCUT2D eigenvalue weighted by Crippen LogP contribution is -2.46. The molecule has 0 saturated heterocycles. The van der Waals surface area contributed by atoms with E-state index in [1.165, 1.54) is 0 Å². The summed E-state index contributed by atoms with van der Waals surface area (Å²) >= 11 is 1.67. The van der Waals surface area contributed by atoms with Gasteiger partial charge in [0.05, 0.1) is 10.9 Å². The zero-order valence-electron chi connectivity index (χ0n) is 11.7. The van der Waals surface area contributed by atoms with Gasteiger partial charge in [0.1, 0.15) is 0 Å². The molecule has 0 aromatic carbocycles. The lowest BCUT2D eigenvalue weighted by molar-refractivity contribution is -0.121. The van der Waals surface area contributed by atoms with Gasteiger partial charge >= 0.3 is 0 Å². The monoisotopic (exact) mass is 261 g/mol. The summed E-state index contributed by atoms with van der Waals surface area (Å²) in [5, 5.41) is 12.8. The highest BCUT2D eigenvalue weighted by atomic mass is 32.2. The van der Waals surface area contributed by atoms with E-state index < -0.39 is 5.60 Å². The van der Waals surface area contributed by atoms with Gasteiger partial charge in [-0.15, -0.1) is 11.8 Å². The lowest BCUT2D eigenvalue weighted by atomic mass is 9.92. The van der Waals surface area contributed by atoms with E-state index >= 15 is 0 Å². The van der Waals surface area contributed by atoms with Crippen LogP contribution in [0.1, 0.15) is 47.5 Å². The Morgan fingerprint density at radius 1 is 1.41 bits per heavy atom. The Balaban J connectivity index is 3.93. The van der Waals surface area contributed by atoms with E-state index in [1.807, 2.05) is 20.8 Å². The van der Waals surface area contributed by atoms with Crippen molar-refractivity contribution < 1.29 is 9.90 Å². The van der Waals surface area contributed by atoms with Crippen LogP contribution in [0.3, 0.4) is 0 Å². The van der Waals surface area contributed by atoms with E-state index in [0.29, 0.717) is 6.54 Å². The standard InChI is InChI=1S/C13H27NO2S/c1-6-7-8-17-11(4)12(15)14-9-13(5,16)10(2)3/h10-11,16H,6-9H2,1-5H3,(H,14,15). The Kier molecular flexibility index (Phi) is 7.88. The van der Waals surface area contributed by atoms with Gasteiger partial charge in [-0.1, -0.05) is 27.2 Å². The average molecular weight is 261 g/mol. The first-order valence-corrected chi connectivity index (χ1v) is 7.47. The third-order valence-corrected chi connectivity index (χ3v) is 4.34. The van der Waals surface area contributed by atoms with Crippen molar-refractivity contribution in [2.24, 2.45) is 5.92 Å². The summed E-state index contributed by atoms with van der Waals surface area (Å²) < 4.78 is 0. The number of carbonyl (C=O) groups excluding carboxylic acids is 1. The third kappa shape index (κ3) is 6.94. The topological polar surface area (TPSA) is 49.3 Å². The molecule has 0 heterocycles. The molecule has 3 nitrogen and oxygen atoms in total. The lowest BCUT2D eigenvalue weighted by Gasteiger charge is -2.28. The van der Waals surface area contributed by atoms with Crippen LogP contribution >= 0.6 is 11.8 Å². The molecule has 0 aromatic heterocycles. The number of rotatable bonds is 8. The second-order valence-corrected chi connectivity index (χ2v) is 6.54. The molecule has 0 fully saturated rings. The number of unbranched alkanes of at least 4 members (excludes halogenated alkanes) is 1. The van der Waals surface area contributed by atoms with E-state index in [-0.39, 0.29) is 17.1 Å². The second-order valence-electron chi connectivity index (χ2n) is 5.10. The summed E-state index contributed by atoms with van der Waals surface area (Å²) in [5.41, 5.74) is -0.830. The molecule has 0 spiro atoms. The molecule has 0 radical (unpaired) electrons. The Labute approximate surface area is 110 Å². The van der Waals surface area contributed by atoms with Gasteiger partial charge in [-0.05, 0) is 31.9 Å². The predicted octanol–water partition coefficient (Wildman–Crippen LogP) is 2.43. The first-order chi connectivity index (χ1) is 7.81. The largest absolute Gasteiger partial charge is 0.388 e. The average Bonchev–Trinajstić information content (AvgIpc) is 2.26. The van der Waals surface area contributed by atoms with Gasteiger partial charge in [0, 0.05) is 6.54 Å².